The maximum atomic E-state index is 6.10. The molecular formula is C18H28BrNO. The number of benzene rings is 1. The van der Waals surface area contributed by atoms with Crippen LogP contribution in [0.5, 0.6) is 5.75 Å². The van der Waals surface area contributed by atoms with Gasteiger partial charge in [-0.2, -0.15) is 0 Å². The van der Waals surface area contributed by atoms with E-state index in [1.807, 2.05) is 24.3 Å². The summed E-state index contributed by atoms with van der Waals surface area (Å²) in [6.07, 6.45) is 6.24. The van der Waals surface area contributed by atoms with E-state index in [0.717, 1.165) is 41.6 Å². The third-order valence-electron chi connectivity index (χ3n) is 5.16. The molecule has 0 unspecified atom stereocenters. The molecule has 0 spiro atoms. The van der Waals surface area contributed by atoms with Crippen LogP contribution in [-0.2, 0) is 0 Å². The topological polar surface area (TPSA) is 35.2 Å². The predicted octanol–water partition coefficient (Wildman–Crippen LogP) is 5.01. The van der Waals surface area contributed by atoms with Gasteiger partial charge in [0.2, 0.25) is 0 Å². The maximum absolute atomic E-state index is 6.10. The molecule has 1 aliphatic rings. The van der Waals surface area contributed by atoms with Gasteiger partial charge in [-0.1, -0.05) is 35.8 Å². The third kappa shape index (κ3) is 4.72. The minimum absolute atomic E-state index is 0.303. The fourth-order valence-corrected chi connectivity index (χ4v) is 3.80. The average molecular weight is 354 g/mol. The summed E-state index contributed by atoms with van der Waals surface area (Å²) < 4.78 is 6.97. The fourth-order valence-electron chi connectivity index (χ4n) is 3.42. The first-order valence-corrected chi connectivity index (χ1v) is 8.92. The molecule has 2 N–H and O–H groups in total. The molecule has 0 bridgehead atoms. The van der Waals surface area contributed by atoms with Gasteiger partial charge >= 0.3 is 0 Å². The van der Waals surface area contributed by atoms with E-state index in [1.54, 1.807) is 0 Å². The Bertz CT molecular complexity index is 439. The molecule has 0 saturated heterocycles. The molecule has 1 aromatic carbocycles. The number of hydrogen-bond acceptors (Lipinski definition) is 2. The van der Waals surface area contributed by atoms with E-state index in [1.165, 1.54) is 25.7 Å². The summed E-state index contributed by atoms with van der Waals surface area (Å²) in [6.45, 7) is 6.24. The van der Waals surface area contributed by atoms with Crippen LogP contribution in [0, 0.1) is 17.3 Å². The zero-order chi connectivity index (χ0) is 15.3. The average Bonchev–Trinajstić information content (AvgIpc) is 2.48. The molecule has 0 aliphatic heterocycles. The van der Waals surface area contributed by atoms with Crippen molar-refractivity contribution >= 4 is 15.9 Å². The second kappa shape index (κ2) is 7.64. The SMILES string of the molecule is CC(C)C1CCC(CN)(CCOc2cccc(Br)c2)CC1. The maximum Gasteiger partial charge on any atom is 0.120 e. The van der Waals surface area contributed by atoms with E-state index in [-0.39, 0.29) is 0 Å². The van der Waals surface area contributed by atoms with Crippen molar-refractivity contribution in [2.75, 3.05) is 13.2 Å². The predicted molar refractivity (Wildman–Crippen MR) is 92.5 cm³/mol. The van der Waals surface area contributed by atoms with Gasteiger partial charge in [0.1, 0.15) is 5.75 Å². The van der Waals surface area contributed by atoms with Crippen LogP contribution in [0.25, 0.3) is 0 Å². The van der Waals surface area contributed by atoms with E-state index < -0.39 is 0 Å². The first-order chi connectivity index (χ1) is 10.0. The summed E-state index contributed by atoms with van der Waals surface area (Å²) in [5.74, 6) is 2.63. The van der Waals surface area contributed by atoms with Crippen molar-refractivity contribution in [3.63, 3.8) is 0 Å². The Morgan fingerprint density at radius 1 is 1.33 bits per heavy atom. The van der Waals surface area contributed by atoms with Crippen molar-refractivity contribution in [1.82, 2.24) is 0 Å². The fraction of sp³-hybridized carbons (Fsp3) is 0.667. The van der Waals surface area contributed by atoms with Gasteiger partial charge in [-0.05, 0) is 74.1 Å². The van der Waals surface area contributed by atoms with E-state index in [0.29, 0.717) is 5.41 Å². The quantitative estimate of drug-likeness (QED) is 0.779. The molecule has 1 aromatic rings. The zero-order valence-electron chi connectivity index (χ0n) is 13.3. The number of rotatable bonds is 6. The summed E-state index contributed by atoms with van der Waals surface area (Å²) in [5.41, 5.74) is 6.40. The molecule has 0 atom stereocenters. The highest BCUT2D eigenvalue weighted by molar-refractivity contribution is 9.10. The van der Waals surface area contributed by atoms with Crippen LogP contribution < -0.4 is 10.5 Å². The van der Waals surface area contributed by atoms with Crippen molar-refractivity contribution < 1.29 is 4.74 Å². The molecule has 1 fully saturated rings. The van der Waals surface area contributed by atoms with E-state index in [4.69, 9.17) is 10.5 Å². The molecule has 0 aromatic heterocycles. The van der Waals surface area contributed by atoms with Gasteiger partial charge in [0.05, 0.1) is 6.61 Å². The zero-order valence-corrected chi connectivity index (χ0v) is 14.9. The third-order valence-corrected chi connectivity index (χ3v) is 5.66. The highest BCUT2D eigenvalue weighted by Gasteiger charge is 2.34. The highest BCUT2D eigenvalue weighted by Crippen LogP contribution is 2.43. The number of nitrogens with two attached hydrogens (primary N) is 1. The molecule has 1 saturated carbocycles. The molecule has 21 heavy (non-hydrogen) atoms. The minimum atomic E-state index is 0.303. The lowest BCUT2D eigenvalue weighted by atomic mass is 9.66. The Kier molecular flexibility index (Phi) is 6.12. The van der Waals surface area contributed by atoms with Gasteiger partial charge in [0.25, 0.3) is 0 Å². The van der Waals surface area contributed by atoms with Gasteiger partial charge in [0, 0.05) is 4.47 Å². The van der Waals surface area contributed by atoms with Crippen LogP contribution >= 0.6 is 15.9 Å². The lowest BCUT2D eigenvalue weighted by Crippen LogP contribution is -2.37. The lowest BCUT2D eigenvalue weighted by molar-refractivity contribution is 0.103. The molecular weight excluding hydrogens is 326 g/mol. The molecule has 0 radical (unpaired) electrons. The van der Waals surface area contributed by atoms with Gasteiger partial charge in [0.15, 0.2) is 0 Å². The van der Waals surface area contributed by atoms with Gasteiger partial charge in [-0.15, -0.1) is 0 Å². The van der Waals surface area contributed by atoms with Crippen LogP contribution in [0.3, 0.4) is 0 Å². The Hall–Kier alpha value is -0.540. The summed E-state index contributed by atoms with van der Waals surface area (Å²) in [4.78, 5) is 0. The summed E-state index contributed by atoms with van der Waals surface area (Å²) in [6, 6.07) is 8.05. The van der Waals surface area contributed by atoms with Gasteiger partial charge in [-0.3, -0.25) is 0 Å². The van der Waals surface area contributed by atoms with Gasteiger partial charge < -0.3 is 10.5 Å². The van der Waals surface area contributed by atoms with Crippen molar-refractivity contribution in [3.05, 3.63) is 28.7 Å². The molecule has 1 aliphatic carbocycles. The standard InChI is InChI=1S/C18H28BrNO/c1-14(2)15-6-8-18(13-20,9-7-15)10-11-21-17-5-3-4-16(19)12-17/h3-5,12,14-15H,6-11,13,20H2,1-2H3. The molecule has 0 heterocycles. The van der Waals surface area contributed by atoms with Crippen LogP contribution in [0.1, 0.15) is 46.0 Å². The summed E-state index contributed by atoms with van der Waals surface area (Å²) in [7, 11) is 0. The Morgan fingerprint density at radius 3 is 2.62 bits per heavy atom. The van der Waals surface area contributed by atoms with Crippen molar-refractivity contribution in [1.29, 1.82) is 0 Å². The molecule has 0 amide bonds. The van der Waals surface area contributed by atoms with E-state index >= 15 is 0 Å². The minimum Gasteiger partial charge on any atom is -0.494 e. The highest BCUT2D eigenvalue weighted by atomic mass is 79.9. The van der Waals surface area contributed by atoms with E-state index in [9.17, 15) is 0 Å². The second-order valence-corrected chi connectivity index (χ2v) is 7.76. The Balaban J connectivity index is 1.83. The Morgan fingerprint density at radius 2 is 2.05 bits per heavy atom. The van der Waals surface area contributed by atoms with Gasteiger partial charge in [-0.25, -0.2) is 0 Å². The number of hydrogen-bond donors (Lipinski definition) is 1. The van der Waals surface area contributed by atoms with E-state index in [2.05, 4.69) is 29.8 Å². The normalized spacial score (nSPS) is 26.0. The van der Waals surface area contributed by atoms with Crippen LogP contribution in [-0.4, -0.2) is 13.2 Å². The molecule has 2 nitrogen and oxygen atoms in total. The second-order valence-electron chi connectivity index (χ2n) is 6.84. The largest absolute Gasteiger partial charge is 0.494 e. The summed E-state index contributed by atoms with van der Waals surface area (Å²) in [5, 5.41) is 0. The van der Waals surface area contributed by atoms with Crippen molar-refractivity contribution in [2.24, 2.45) is 23.0 Å². The monoisotopic (exact) mass is 353 g/mol. The molecule has 2 rings (SSSR count). The van der Waals surface area contributed by atoms with Crippen LogP contribution in [0.15, 0.2) is 28.7 Å². The van der Waals surface area contributed by atoms with Crippen LogP contribution in [0.2, 0.25) is 0 Å². The number of halogens is 1. The number of ether oxygens (including phenoxy) is 1. The smallest absolute Gasteiger partial charge is 0.120 e. The first-order valence-electron chi connectivity index (χ1n) is 8.13. The molecule has 3 heteroatoms. The lowest BCUT2D eigenvalue weighted by Gasteiger charge is -2.40. The van der Waals surface area contributed by atoms with Crippen molar-refractivity contribution in [2.45, 2.75) is 46.0 Å². The van der Waals surface area contributed by atoms with Crippen molar-refractivity contribution in [3.8, 4) is 5.75 Å². The first kappa shape index (κ1) is 16.8. The van der Waals surface area contributed by atoms with Crippen LogP contribution in [0.4, 0.5) is 0 Å². The Labute approximate surface area is 137 Å². The summed E-state index contributed by atoms with van der Waals surface area (Å²) >= 11 is 3.47. The molecule has 118 valence electrons.